The number of benzene rings is 1. The fourth-order valence-corrected chi connectivity index (χ4v) is 1.86. The van der Waals surface area contributed by atoms with Crippen LogP contribution in [0.25, 0.3) is 27.9 Å². The van der Waals surface area contributed by atoms with Crippen LogP contribution in [0, 0.1) is 0 Å². The molecule has 3 aromatic heterocycles. The summed E-state index contributed by atoms with van der Waals surface area (Å²) in [6.07, 6.45) is 1.80. The van der Waals surface area contributed by atoms with Crippen LogP contribution in [0.1, 0.15) is 0 Å². The van der Waals surface area contributed by atoms with E-state index in [0.717, 1.165) is 22.2 Å². The first-order valence-corrected chi connectivity index (χ1v) is 5.45. The van der Waals surface area contributed by atoms with Crippen molar-refractivity contribution in [2.24, 2.45) is 0 Å². The summed E-state index contributed by atoms with van der Waals surface area (Å²) < 4.78 is 0. The van der Waals surface area contributed by atoms with Gasteiger partial charge in [-0.2, -0.15) is 0 Å². The fraction of sp³-hybridized carbons (Fsp3) is 0. The summed E-state index contributed by atoms with van der Waals surface area (Å²) in [5, 5.41) is 19.3. The van der Waals surface area contributed by atoms with Crippen molar-refractivity contribution in [1.82, 2.24) is 30.4 Å². The topological polar surface area (TPSA) is 86.4 Å². The van der Waals surface area contributed by atoms with E-state index >= 15 is 0 Å². The van der Waals surface area contributed by atoms with Gasteiger partial charge in [-0.25, -0.2) is 4.98 Å². The molecule has 0 aliphatic rings. The molecular weight excluding hydrogens is 230 g/mol. The number of aromatic amines is 2. The van der Waals surface area contributed by atoms with Gasteiger partial charge in [0.15, 0.2) is 5.52 Å². The molecule has 0 spiro atoms. The summed E-state index contributed by atoms with van der Waals surface area (Å²) in [4.78, 5) is 4.62. The van der Waals surface area contributed by atoms with Crippen molar-refractivity contribution in [2.75, 3.05) is 0 Å². The molecule has 0 unspecified atom stereocenters. The molecule has 4 aromatic rings. The number of pyridine rings is 1. The highest BCUT2D eigenvalue weighted by atomic mass is 15.5. The summed E-state index contributed by atoms with van der Waals surface area (Å²) in [7, 11) is 0. The van der Waals surface area contributed by atoms with Gasteiger partial charge in [-0.1, -0.05) is 12.1 Å². The van der Waals surface area contributed by atoms with Crippen LogP contribution in [0.2, 0.25) is 0 Å². The second-order valence-corrected chi connectivity index (χ2v) is 3.89. The third-order valence-corrected chi connectivity index (χ3v) is 2.73. The predicted molar refractivity (Wildman–Crippen MR) is 62.9 cm³/mol. The lowest BCUT2D eigenvalue weighted by Gasteiger charge is -1.94. The average molecular weight is 238 g/mol. The molecule has 18 heavy (non-hydrogen) atoms. The van der Waals surface area contributed by atoms with Crippen molar-refractivity contribution < 1.29 is 4.98 Å². The van der Waals surface area contributed by atoms with Crippen molar-refractivity contribution in [3.8, 4) is 5.69 Å². The molecule has 0 aliphatic carbocycles. The van der Waals surface area contributed by atoms with Crippen LogP contribution in [0.3, 0.4) is 0 Å². The molecule has 0 aliphatic heterocycles. The Hall–Kier alpha value is -2.83. The minimum atomic E-state index is 0.704. The number of fused-ring (bicyclic) bond motifs is 2. The van der Waals surface area contributed by atoms with Crippen molar-refractivity contribution in [2.45, 2.75) is 0 Å². The minimum Gasteiger partial charge on any atom is -0.238 e. The Morgan fingerprint density at radius 2 is 1.78 bits per heavy atom. The molecule has 2 N–H and O–H groups in total. The van der Waals surface area contributed by atoms with Gasteiger partial charge in [-0.15, -0.1) is 25.3 Å². The monoisotopic (exact) mass is 238 g/mol. The lowest BCUT2D eigenvalue weighted by molar-refractivity contribution is -0.347. The fourth-order valence-electron chi connectivity index (χ4n) is 1.86. The smallest absolute Gasteiger partial charge is 0.238 e. The van der Waals surface area contributed by atoms with Crippen LogP contribution in [-0.2, 0) is 0 Å². The quantitative estimate of drug-likeness (QED) is 0.523. The van der Waals surface area contributed by atoms with E-state index in [1.54, 1.807) is 11.0 Å². The Kier molecular flexibility index (Phi) is 1.71. The Morgan fingerprint density at radius 3 is 2.56 bits per heavy atom. The zero-order valence-electron chi connectivity index (χ0n) is 9.20. The normalized spacial score (nSPS) is 11.3. The van der Waals surface area contributed by atoms with Gasteiger partial charge in [0.2, 0.25) is 0 Å². The van der Waals surface area contributed by atoms with Gasteiger partial charge in [-0.05, 0) is 12.1 Å². The number of nitrogens with one attached hydrogen (secondary N) is 2. The summed E-state index contributed by atoms with van der Waals surface area (Å²) in [5.74, 6) is 0. The molecule has 0 fully saturated rings. The molecule has 3 heterocycles. The van der Waals surface area contributed by atoms with E-state index in [4.69, 9.17) is 0 Å². The molecule has 0 atom stereocenters. The van der Waals surface area contributed by atoms with Gasteiger partial charge in [0, 0.05) is 6.07 Å². The van der Waals surface area contributed by atoms with Gasteiger partial charge in [0.1, 0.15) is 22.9 Å². The maximum absolute atomic E-state index is 4.40. The van der Waals surface area contributed by atoms with Crippen LogP contribution in [-0.4, -0.2) is 30.4 Å². The van der Waals surface area contributed by atoms with Crippen molar-refractivity contribution in [3.63, 3.8) is 0 Å². The highest BCUT2D eigenvalue weighted by molar-refractivity contribution is 5.74. The molecule has 0 saturated carbocycles. The van der Waals surface area contributed by atoms with E-state index < -0.39 is 0 Å². The third kappa shape index (κ3) is 1.27. The van der Waals surface area contributed by atoms with E-state index in [-0.39, 0.29) is 0 Å². The maximum atomic E-state index is 4.40. The van der Waals surface area contributed by atoms with E-state index in [0.29, 0.717) is 5.65 Å². The summed E-state index contributed by atoms with van der Waals surface area (Å²) >= 11 is 0. The molecule has 0 amide bonds. The first-order valence-electron chi connectivity index (χ1n) is 5.45. The van der Waals surface area contributed by atoms with Gasteiger partial charge in [0.25, 0.3) is 0 Å². The number of hydrogen-bond acceptors (Lipinski definition) is 4. The molecule has 0 radical (unpaired) electrons. The number of aromatic nitrogens is 7. The summed E-state index contributed by atoms with van der Waals surface area (Å²) in [6.45, 7) is 0. The highest BCUT2D eigenvalue weighted by Gasteiger charge is 2.11. The highest BCUT2D eigenvalue weighted by Crippen LogP contribution is 2.12. The average Bonchev–Trinajstić information content (AvgIpc) is 3.04. The van der Waals surface area contributed by atoms with Gasteiger partial charge in [0.05, 0.1) is 5.10 Å². The maximum Gasteiger partial charge on any atom is 0.375 e. The number of hydrogen-bond donors (Lipinski definition) is 1. The minimum absolute atomic E-state index is 0.704. The van der Waals surface area contributed by atoms with Crippen LogP contribution >= 0.6 is 0 Å². The molecule has 0 saturated heterocycles. The van der Waals surface area contributed by atoms with Crippen molar-refractivity contribution in [1.29, 1.82) is 0 Å². The number of nitrogens with zero attached hydrogens (tertiary/aromatic N) is 5. The molecule has 7 nitrogen and oxygen atoms in total. The van der Waals surface area contributed by atoms with E-state index in [1.165, 1.54) is 0 Å². The van der Waals surface area contributed by atoms with Crippen LogP contribution in [0.4, 0.5) is 0 Å². The molecule has 7 heteroatoms. The first kappa shape index (κ1) is 9.23. The number of H-pyrrole nitrogens is 2. The Bertz CT molecular complexity index is 811. The van der Waals surface area contributed by atoms with Crippen molar-refractivity contribution in [3.05, 3.63) is 36.5 Å². The van der Waals surface area contributed by atoms with Crippen LogP contribution in [0.5, 0.6) is 0 Å². The SMILES string of the molecule is c1ccc2nn(-c3c[nH+]c4n[nH]nc4c3)nc2c1. The van der Waals surface area contributed by atoms with Gasteiger partial charge >= 0.3 is 5.65 Å². The van der Waals surface area contributed by atoms with Crippen molar-refractivity contribution >= 4 is 22.2 Å². The van der Waals surface area contributed by atoms with E-state index in [1.807, 2.05) is 30.3 Å². The standard InChI is InChI=1S/C11H7N7/c1-2-4-9-8(3-1)15-18(16-9)7-5-10-11(12-6-7)14-17-13-10/h1-6H,(H,12,13,14,17)/p+1. The van der Waals surface area contributed by atoms with E-state index in [2.05, 4.69) is 30.6 Å². The predicted octanol–water partition coefficient (Wildman–Crippen LogP) is 0.506. The Morgan fingerprint density at radius 1 is 1.00 bits per heavy atom. The Balaban J connectivity index is 1.94. The zero-order valence-corrected chi connectivity index (χ0v) is 9.20. The Labute approximate surface area is 100 Å². The summed E-state index contributed by atoms with van der Waals surface area (Å²) in [6, 6.07) is 9.60. The van der Waals surface area contributed by atoms with Gasteiger partial charge in [-0.3, -0.25) is 0 Å². The second kappa shape index (κ2) is 3.33. The van der Waals surface area contributed by atoms with Crippen LogP contribution < -0.4 is 4.98 Å². The lowest BCUT2D eigenvalue weighted by Crippen LogP contribution is -2.08. The lowest BCUT2D eigenvalue weighted by atomic mass is 10.3. The zero-order chi connectivity index (χ0) is 11.9. The third-order valence-electron chi connectivity index (χ3n) is 2.73. The first-order chi connectivity index (χ1) is 8.90. The van der Waals surface area contributed by atoms with Gasteiger partial charge < -0.3 is 0 Å². The molecule has 86 valence electrons. The molecule has 1 aromatic carbocycles. The largest absolute Gasteiger partial charge is 0.375 e. The molecule has 4 rings (SSSR count). The second-order valence-electron chi connectivity index (χ2n) is 3.89. The number of rotatable bonds is 1. The van der Waals surface area contributed by atoms with Crippen LogP contribution in [0.15, 0.2) is 36.5 Å². The molecule has 0 bridgehead atoms. The molecular formula is C11H8N7+. The van der Waals surface area contributed by atoms with E-state index in [9.17, 15) is 0 Å². The summed E-state index contributed by atoms with van der Waals surface area (Å²) in [5.41, 5.74) is 3.98.